The lowest BCUT2D eigenvalue weighted by molar-refractivity contribution is -0.0468. The Morgan fingerprint density at radius 2 is 1.95 bits per heavy atom. The van der Waals surface area contributed by atoms with Crippen LogP contribution in [0.5, 0.6) is 0 Å². The van der Waals surface area contributed by atoms with Gasteiger partial charge in [-0.2, -0.15) is 0 Å². The molecule has 3 heteroatoms. The SMILES string of the molecule is C=CC(C)(C)c1c[nH]c2c(CC(O)C(C)(C)O)cccc12. The molecule has 0 saturated carbocycles. The summed E-state index contributed by atoms with van der Waals surface area (Å²) < 4.78 is 0. The van der Waals surface area contributed by atoms with Gasteiger partial charge >= 0.3 is 0 Å². The number of aliphatic hydroxyl groups is 2. The molecule has 1 heterocycles. The Morgan fingerprint density at radius 3 is 2.52 bits per heavy atom. The van der Waals surface area contributed by atoms with Crippen molar-refractivity contribution in [1.29, 1.82) is 0 Å². The molecular formula is C18H25NO2. The van der Waals surface area contributed by atoms with E-state index < -0.39 is 11.7 Å². The largest absolute Gasteiger partial charge is 0.390 e. The third-order valence-corrected chi connectivity index (χ3v) is 4.23. The summed E-state index contributed by atoms with van der Waals surface area (Å²) in [5.41, 5.74) is 1.98. The highest BCUT2D eigenvalue weighted by Crippen LogP contribution is 2.33. The van der Waals surface area contributed by atoms with Crippen LogP contribution < -0.4 is 0 Å². The Morgan fingerprint density at radius 1 is 1.29 bits per heavy atom. The number of rotatable bonds is 5. The molecule has 1 aromatic heterocycles. The fourth-order valence-electron chi connectivity index (χ4n) is 2.49. The molecule has 2 aromatic rings. The molecular weight excluding hydrogens is 262 g/mol. The summed E-state index contributed by atoms with van der Waals surface area (Å²) >= 11 is 0. The number of aromatic amines is 1. The van der Waals surface area contributed by atoms with Crippen molar-refractivity contribution in [2.45, 2.75) is 51.2 Å². The van der Waals surface area contributed by atoms with Crippen molar-refractivity contribution in [2.75, 3.05) is 0 Å². The highest BCUT2D eigenvalue weighted by atomic mass is 16.3. The summed E-state index contributed by atoms with van der Waals surface area (Å²) in [6.07, 6.45) is 3.55. The van der Waals surface area contributed by atoms with Crippen molar-refractivity contribution in [3.8, 4) is 0 Å². The summed E-state index contributed by atoms with van der Waals surface area (Å²) in [4.78, 5) is 3.31. The number of fused-ring (bicyclic) bond motifs is 1. The third kappa shape index (κ3) is 3.04. The maximum absolute atomic E-state index is 10.1. The summed E-state index contributed by atoms with van der Waals surface area (Å²) in [7, 11) is 0. The number of aromatic nitrogens is 1. The molecule has 0 radical (unpaired) electrons. The molecule has 0 amide bonds. The van der Waals surface area contributed by atoms with Crippen molar-refractivity contribution in [3.05, 3.63) is 48.2 Å². The number of para-hydroxylation sites is 1. The minimum atomic E-state index is -1.11. The molecule has 0 aliphatic rings. The van der Waals surface area contributed by atoms with Gasteiger partial charge in [0.2, 0.25) is 0 Å². The van der Waals surface area contributed by atoms with E-state index in [9.17, 15) is 10.2 Å². The van der Waals surface area contributed by atoms with Gasteiger partial charge in [-0.05, 0) is 25.0 Å². The lowest BCUT2D eigenvalue weighted by atomic mass is 9.84. The second kappa shape index (κ2) is 5.32. The van der Waals surface area contributed by atoms with Gasteiger partial charge < -0.3 is 15.2 Å². The summed E-state index contributed by atoms with van der Waals surface area (Å²) in [5, 5.41) is 21.2. The van der Waals surface area contributed by atoms with Crippen LogP contribution in [-0.4, -0.2) is 26.9 Å². The van der Waals surface area contributed by atoms with Gasteiger partial charge in [-0.25, -0.2) is 0 Å². The van der Waals surface area contributed by atoms with Crippen LogP contribution in [0, 0.1) is 0 Å². The monoisotopic (exact) mass is 287 g/mol. The maximum Gasteiger partial charge on any atom is 0.0862 e. The standard InChI is InChI=1S/C18H25NO2/c1-6-17(2,3)14-11-19-16-12(8-7-9-13(14)16)10-15(20)18(4,5)21/h6-9,11,15,19-21H,1,10H2,2-5H3. The van der Waals surface area contributed by atoms with Gasteiger partial charge in [0, 0.05) is 28.9 Å². The van der Waals surface area contributed by atoms with E-state index in [1.807, 2.05) is 24.4 Å². The van der Waals surface area contributed by atoms with Crippen molar-refractivity contribution in [1.82, 2.24) is 4.98 Å². The zero-order valence-corrected chi connectivity index (χ0v) is 13.3. The Hall–Kier alpha value is -1.58. The zero-order chi connectivity index (χ0) is 15.8. The van der Waals surface area contributed by atoms with Gasteiger partial charge in [0.05, 0.1) is 11.7 Å². The van der Waals surface area contributed by atoms with E-state index in [4.69, 9.17) is 0 Å². The lowest BCUT2D eigenvalue weighted by Gasteiger charge is -2.24. The fraction of sp³-hybridized carbons (Fsp3) is 0.444. The molecule has 0 fully saturated rings. The van der Waals surface area contributed by atoms with Crippen molar-refractivity contribution in [2.24, 2.45) is 0 Å². The molecule has 0 bridgehead atoms. The molecule has 0 spiro atoms. The smallest absolute Gasteiger partial charge is 0.0862 e. The Labute approximate surface area is 126 Å². The van der Waals surface area contributed by atoms with Crippen LogP contribution in [0.1, 0.15) is 38.8 Å². The number of aliphatic hydroxyl groups excluding tert-OH is 1. The van der Waals surface area contributed by atoms with Gasteiger partial charge in [0.25, 0.3) is 0 Å². The van der Waals surface area contributed by atoms with Crippen LogP contribution in [0.2, 0.25) is 0 Å². The Bertz CT molecular complexity index is 647. The van der Waals surface area contributed by atoms with Crippen LogP contribution >= 0.6 is 0 Å². The maximum atomic E-state index is 10.1. The molecule has 3 N–H and O–H groups in total. The van der Waals surface area contributed by atoms with Gasteiger partial charge in [0.1, 0.15) is 0 Å². The Balaban J connectivity index is 2.47. The average molecular weight is 287 g/mol. The summed E-state index contributed by atoms with van der Waals surface area (Å²) in [5.74, 6) is 0. The normalized spacial score (nSPS) is 14.4. The quantitative estimate of drug-likeness (QED) is 0.739. The van der Waals surface area contributed by atoms with Gasteiger partial charge in [0.15, 0.2) is 0 Å². The van der Waals surface area contributed by atoms with E-state index >= 15 is 0 Å². The molecule has 1 unspecified atom stereocenters. The van der Waals surface area contributed by atoms with Gasteiger partial charge in [-0.3, -0.25) is 0 Å². The fourth-order valence-corrected chi connectivity index (χ4v) is 2.49. The number of hydrogen-bond acceptors (Lipinski definition) is 2. The van der Waals surface area contributed by atoms with Crippen molar-refractivity contribution in [3.63, 3.8) is 0 Å². The van der Waals surface area contributed by atoms with E-state index in [2.05, 4.69) is 31.5 Å². The van der Waals surface area contributed by atoms with Gasteiger partial charge in [-0.15, -0.1) is 6.58 Å². The highest BCUT2D eigenvalue weighted by molar-refractivity contribution is 5.87. The number of allylic oxidation sites excluding steroid dienone is 1. The van der Waals surface area contributed by atoms with Gasteiger partial charge in [-0.1, -0.05) is 38.1 Å². The third-order valence-electron chi connectivity index (χ3n) is 4.23. The van der Waals surface area contributed by atoms with Crippen molar-refractivity contribution < 1.29 is 10.2 Å². The zero-order valence-electron chi connectivity index (χ0n) is 13.3. The molecule has 114 valence electrons. The Kier molecular flexibility index (Phi) is 4.00. The molecule has 0 saturated heterocycles. The number of nitrogens with one attached hydrogen (secondary N) is 1. The lowest BCUT2D eigenvalue weighted by Crippen LogP contribution is -2.37. The average Bonchev–Trinajstić information content (AvgIpc) is 2.83. The molecule has 2 rings (SSSR count). The van der Waals surface area contributed by atoms with Crippen LogP contribution in [-0.2, 0) is 11.8 Å². The van der Waals surface area contributed by atoms with Crippen molar-refractivity contribution >= 4 is 10.9 Å². The van der Waals surface area contributed by atoms with E-state index in [0.29, 0.717) is 6.42 Å². The second-order valence-corrected chi connectivity index (χ2v) is 6.84. The highest BCUT2D eigenvalue weighted by Gasteiger charge is 2.26. The first kappa shape index (κ1) is 15.8. The molecule has 0 aliphatic heterocycles. The minimum absolute atomic E-state index is 0.119. The topological polar surface area (TPSA) is 56.2 Å². The predicted molar refractivity (Wildman–Crippen MR) is 87.5 cm³/mol. The van der Waals surface area contributed by atoms with Crippen LogP contribution in [0.15, 0.2) is 37.1 Å². The summed E-state index contributed by atoms with van der Waals surface area (Å²) in [6, 6.07) is 6.05. The summed E-state index contributed by atoms with van der Waals surface area (Å²) in [6.45, 7) is 11.4. The first-order valence-corrected chi connectivity index (χ1v) is 7.30. The van der Waals surface area contributed by atoms with E-state index in [-0.39, 0.29) is 5.41 Å². The predicted octanol–water partition coefficient (Wildman–Crippen LogP) is 3.31. The van der Waals surface area contributed by atoms with Crippen LogP contribution in [0.25, 0.3) is 10.9 Å². The molecule has 21 heavy (non-hydrogen) atoms. The number of hydrogen-bond donors (Lipinski definition) is 3. The number of benzene rings is 1. The first-order chi connectivity index (χ1) is 9.66. The molecule has 3 nitrogen and oxygen atoms in total. The molecule has 0 aliphatic carbocycles. The molecule has 1 aromatic carbocycles. The van der Waals surface area contributed by atoms with E-state index in [1.54, 1.807) is 13.8 Å². The minimum Gasteiger partial charge on any atom is -0.390 e. The van der Waals surface area contributed by atoms with Crippen LogP contribution in [0.3, 0.4) is 0 Å². The first-order valence-electron chi connectivity index (χ1n) is 7.30. The molecule has 1 atom stereocenters. The van der Waals surface area contributed by atoms with Crippen LogP contribution in [0.4, 0.5) is 0 Å². The number of H-pyrrole nitrogens is 1. The second-order valence-electron chi connectivity index (χ2n) is 6.84. The van der Waals surface area contributed by atoms with E-state index in [1.165, 1.54) is 5.56 Å². The van der Waals surface area contributed by atoms with E-state index in [0.717, 1.165) is 16.5 Å².